The largest absolute Gasteiger partial charge is 0.394 e. The molecule has 0 aliphatic heterocycles. The van der Waals surface area contributed by atoms with Crippen LogP contribution in [0.2, 0.25) is 0 Å². The van der Waals surface area contributed by atoms with Crippen molar-refractivity contribution in [2.75, 3.05) is 11.9 Å². The zero-order valence-electron chi connectivity index (χ0n) is 10.6. The van der Waals surface area contributed by atoms with Gasteiger partial charge in [-0.1, -0.05) is 5.21 Å². The van der Waals surface area contributed by atoms with Crippen LogP contribution in [0.25, 0.3) is 11.0 Å². The molecule has 3 aromatic rings. The second-order valence-electron chi connectivity index (χ2n) is 4.39. The fourth-order valence-corrected chi connectivity index (χ4v) is 1.97. The zero-order valence-corrected chi connectivity index (χ0v) is 10.6. The van der Waals surface area contributed by atoms with Gasteiger partial charge in [-0.05, 0) is 18.2 Å². The lowest BCUT2D eigenvalue weighted by atomic mass is 10.2. The molecule has 0 saturated carbocycles. The lowest BCUT2D eigenvalue weighted by Crippen LogP contribution is -2.02. The fourth-order valence-electron chi connectivity index (χ4n) is 1.97. The van der Waals surface area contributed by atoms with Crippen molar-refractivity contribution in [3.63, 3.8) is 0 Å². The molecule has 3 rings (SSSR count). The van der Waals surface area contributed by atoms with Crippen molar-refractivity contribution in [2.24, 2.45) is 0 Å². The number of aromatic amines is 2. The van der Waals surface area contributed by atoms with Gasteiger partial charge in [-0.25, -0.2) is 9.48 Å². The highest BCUT2D eigenvalue weighted by Crippen LogP contribution is 2.15. The van der Waals surface area contributed by atoms with E-state index in [1.165, 1.54) is 0 Å². The molecule has 0 unspecified atom stereocenters. The van der Waals surface area contributed by atoms with Crippen LogP contribution in [0.15, 0.2) is 29.2 Å². The number of imidazole rings is 1. The number of hydrogen-bond donors (Lipinski definition) is 4. The van der Waals surface area contributed by atoms with Crippen LogP contribution in [-0.2, 0) is 13.1 Å². The number of rotatable bonds is 5. The Balaban J connectivity index is 1.70. The summed E-state index contributed by atoms with van der Waals surface area (Å²) >= 11 is 0. The summed E-state index contributed by atoms with van der Waals surface area (Å²) in [7, 11) is 0. The molecule has 8 heteroatoms. The van der Waals surface area contributed by atoms with Gasteiger partial charge in [0.2, 0.25) is 0 Å². The molecule has 1 aromatic carbocycles. The average molecular weight is 274 g/mol. The number of H-pyrrole nitrogens is 2. The molecule has 0 aliphatic carbocycles. The summed E-state index contributed by atoms with van der Waals surface area (Å²) < 4.78 is 1.59. The number of nitrogens with one attached hydrogen (secondary N) is 3. The van der Waals surface area contributed by atoms with Crippen molar-refractivity contribution >= 4 is 16.7 Å². The average Bonchev–Trinajstić information content (AvgIpc) is 3.01. The van der Waals surface area contributed by atoms with E-state index in [4.69, 9.17) is 5.11 Å². The Hall–Kier alpha value is -2.61. The van der Waals surface area contributed by atoms with Gasteiger partial charge in [-0.2, -0.15) is 0 Å². The number of benzene rings is 1. The molecule has 0 radical (unpaired) electrons. The van der Waals surface area contributed by atoms with E-state index < -0.39 is 0 Å². The van der Waals surface area contributed by atoms with Crippen LogP contribution in [0.5, 0.6) is 0 Å². The van der Waals surface area contributed by atoms with Crippen molar-refractivity contribution < 1.29 is 5.11 Å². The quantitative estimate of drug-likeness (QED) is 0.525. The first-order valence-corrected chi connectivity index (χ1v) is 6.20. The predicted molar refractivity (Wildman–Crippen MR) is 73.4 cm³/mol. The molecule has 0 saturated heterocycles. The molecular formula is C12H14N6O2. The third kappa shape index (κ3) is 2.54. The van der Waals surface area contributed by atoms with Gasteiger partial charge in [0.05, 0.1) is 36.9 Å². The van der Waals surface area contributed by atoms with Gasteiger partial charge in [-0.3, -0.25) is 0 Å². The maximum absolute atomic E-state index is 11.2. The Kier molecular flexibility index (Phi) is 3.21. The van der Waals surface area contributed by atoms with E-state index in [1.807, 2.05) is 18.2 Å². The highest BCUT2D eigenvalue weighted by atomic mass is 16.3. The Labute approximate surface area is 113 Å². The third-order valence-corrected chi connectivity index (χ3v) is 2.90. The number of nitrogens with zero attached hydrogens (tertiary/aromatic N) is 3. The second-order valence-corrected chi connectivity index (χ2v) is 4.39. The molecule has 20 heavy (non-hydrogen) atoms. The standard InChI is InChI=1S/C12H14N6O2/c19-4-3-18-7-9(16-17-18)6-13-8-1-2-10-11(5-8)15-12(20)14-10/h1-2,5,7,13,19H,3-4,6H2,(H2,14,15,20). The highest BCUT2D eigenvalue weighted by molar-refractivity contribution is 5.78. The van der Waals surface area contributed by atoms with Crippen LogP contribution in [0.1, 0.15) is 5.69 Å². The molecule has 0 amide bonds. The van der Waals surface area contributed by atoms with E-state index in [-0.39, 0.29) is 12.3 Å². The molecule has 0 atom stereocenters. The fraction of sp³-hybridized carbons (Fsp3) is 0.250. The topological polar surface area (TPSA) is 112 Å². The van der Waals surface area contributed by atoms with Gasteiger partial charge in [0.1, 0.15) is 5.69 Å². The summed E-state index contributed by atoms with van der Waals surface area (Å²) in [6, 6.07) is 5.56. The van der Waals surface area contributed by atoms with E-state index in [0.717, 1.165) is 22.4 Å². The summed E-state index contributed by atoms with van der Waals surface area (Å²) in [5, 5.41) is 19.9. The SMILES string of the molecule is O=c1[nH]c2ccc(NCc3cn(CCO)nn3)cc2[nH]1. The number of anilines is 1. The predicted octanol–water partition coefficient (Wildman–Crippen LogP) is 0.0521. The van der Waals surface area contributed by atoms with Crippen molar-refractivity contribution in [1.82, 2.24) is 25.0 Å². The van der Waals surface area contributed by atoms with Crippen LogP contribution in [0.4, 0.5) is 5.69 Å². The molecular weight excluding hydrogens is 260 g/mol. The van der Waals surface area contributed by atoms with E-state index in [0.29, 0.717) is 13.1 Å². The Bertz CT molecular complexity index is 771. The third-order valence-electron chi connectivity index (χ3n) is 2.90. The molecule has 0 bridgehead atoms. The Morgan fingerprint density at radius 2 is 2.15 bits per heavy atom. The van der Waals surface area contributed by atoms with E-state index in [1.54, 1.807) is 10.9 Å². The normalized spacial score (nSPS) is 11.1. The smallest absolute Gasteiger partial charge is 0.323 e. The number of fused-ring (bicyclic) bond motifs is 1. The lowest BCUT2D eigenvalue weighted by molar-refractivity contribution is 0.268. The summed E-state index contributed by atoms with van der Waals surface area (Å²) in [6.45, 7) is 0.989. The Morgan fingerprint density at radius 1 is 1.30 bits per heavy atom. The minimum absolute atomic E-state index is 0.0355. The molecule has 8 nitrogen and oxygen atoms in total. The van der Waals surface area contributed by atoms with Gasteiger partial charge in [0.15, 0.2) is 0 Å². The van der Waals surface area contributed by atoms with Crippen molar-refractivity contribution in [2.45, 2.75) is 13.1 Å². The van der Waals surface area contributed by atoms with Crippen molar-refractivity contribution in [3.05, 3.63) is 40.6 Å². The van der Waals surface area contributed by atoms with Crippen LogP contribution in [0.3, 0.4) is 0 Å². The minimum Gasteiger partial charge on any atom is -0.394 e. The van der Waals surface area contributed by atoms with Gasteiger partial charge in [0.25, 0.3) is 0 Å². The van der Waals surface area contributed by atoms with Gasteiger partial charge in [0, 0.05) is 5.69 Å². The first-order chi connectivity index (χ1) is 9.74. The van der Waals surface area contributed by atoms with Crippen molar-refractivity contribution in [3.8, 4) is 0 Å². The molecule has 0 spiro atoms. The van der Waals surface area contributed by atoms with Gasteiger partial charge < -0.3 is 20.4 Å². The first-order valence-electron chi connectivity index (χ1n) is 6.20. The number of aliphatic hydroxyl groups excluding tert-OH is 1. The summed E-state index contributed by atoms with van der Waals surface area (Å²) in [5.41, 5.74) is 2.97. The van der Waals surface area contributed by atoms with E-state index in [2.05, 4.69) is 25.6 Å². The number of aliphatic hydroxyl groups is 1. The van der Waals surface area contributed by atoms with E-state index in [9.17, 15) is 4.79 Å². The lowest BCUT2D eigenvalue weighted by Gasteiger charge is -2.03. The molecule has 2 aromatic heterocycles. The molecule has 4 N–H and O–H groups in total. The van der Waals surface area contributed by atoms with Crippen LogP contribution in [-0.4, -0.2) is 36.7 Å². The van der Waals surface area contributed by atoms with Crippen LogP contribution < -0.4 is 11.0 Å². The highest BCUT2D eigenvalue weighted by Gasteiger charge is 2.02. The van der Waals surface area contributed by atoms with Gasteiger partial charge in [-0.15, -0.1) is 5.10 Å². The van der Waals surface area contributed by atoms with Crippen molar-refractivity contribution in [1.29, 1.82) is 0 Å². The number of aromatic nitrogens is 5. The van der Waals surface area contributed by atoms with Crippen LogP contribution in [0, 0.1) is 0 Å². The monoisotopic (exact) mass is 274 g/mol. The molecule has 104 valence electrons. The molecule has 2 heterocycles. The zero-order chi connectivity index (χ0) is 13.9. The Morgan fingerprint density at radius 3 is 3.00 bits per heavy atom. The number of hydrogen-bond acceptors (Lipinski definition) is 5. The summed E-state index contributed by atoms with van der Waals surface area (Å²) in [5.74, 6) is 0. The maximum Gasteiger partial charge on any atom is 0.323 e. The summed E-state index contributed by atoms with van der Waals surface area (Å²) in [6.07, 6.45) is 1.78. The molecule has 0 aliphatic rings. The maximum atomic E-state index is 11.2. The van der Waals surface area contributed by atoms with Crippen LogP contribution >= 0.6 is 0 Å². The summed E-state index contributed by atoms with van der Waals surface area (Å²) in [4.78, 5) is 16.6. The second kappa shape index (κ2) is 5.17. The molecule has 0 fully saturated rings. The van der Waals surface area contributed by atoms with Gasteiger partial charge >= 0.3 is 5.69 Å². The minimum atomic E-state index is -0.218. The first kappa shape index (κ1) is 12.4. The van der Waals surface area contributed by atoms with E-state index >= 15 is 0 Å².